The van der Waals surface area contributed by atoms with Crippen LogP contribution >= 0.6 is 0 Å². The van der Waals surface area contributed by atoms with Gasteiger partial charge in [-0.25, -0.2) is 13.6 Å². The molecule has 0 aliphatic carbocycles. The molecule has 6 nitrogen and oxygen atoms in total. The van der Waals surface area contributed by atoms with Crippen LogP contribution < -0.4 is 16.6 Å². The number of hydrogen-bond donors (Lipinski definition) is 1. The summed E-state index contributed by atoms with van der Waals surface area (Å²) < 4.78 is 33.8. The quantitative estimate of drug-likeness (QED) is 0.414. The molecule has 8 heteroatoms. The normalized spacial score (nSPS) is 14.5. The maximum atomic E-state index is 15.3. The zero-order chi connectivity index (χ0) is 24.4. The Balaban J connectivity index is 1.89. The number of nitrogens with one attached hydrogen (secondary N) is 1. The first-order valence-electron chi connectivity index (χ1n) is 11.1. The van der Waals surface area contributed by atoms with Crippen molar-refractivity contribution in [2.45, 2.75) is 6.04 Å². The summed E-state index contributed by atoms with van der Waals surface area (Å²) >= 11 is 0. The van der Waals surface area contributed by atoms with Crippen molar-refractivity contribution in [3.63, 3.8) is 0 Å². The Hall–Kier alpha value is -4.46. The summed E-state index contributed by atoms with van der Waals surface area (Å²) in [6.45, 7) is 0. The van der Waals surface area contributed by atoms with E-state index in [1.54, 1.807) is 37.4 Å². The van der Waals surface area contributed by atoms with Gasteiger partial charge in [0, 0.05) is 19.7 Å². The van der Waals surface area contributed by atoms with Gasteiger partial charge < -0.3 is 9.88 Å². The van der Waals surface area contributed by atoms with E-state index in [0.717, 1.165) is 10.3 Å². The van der Waals surface area contributed by atoms with Crippen LogP contribution in [0.25, 0.3) is 27.8 Å². The van der Waals surface area contributed by atoms with E-state index in [9.17, 15) is 14.0 Å². The summed E-state index contributed by atoms with van der Waals surface area (Å²) in [5.41, 5.74) is 2.49. The minimum atomic E-state index is -0.610. The second-order valence-electron chi connectivity index (χ2n) is 8.63. The lowest BCUT2D eigenvalue weighted by molar-refractivity contribution is 0.623. The van der Waals surface area contributed by atoms with Gasteiger partial charge in [-0.3, -0.25) is 13.9 Å². The minimum Gasteiger partial charge on any atom is -0.371 e. The van der Waals surface area contributed by atoms with Crippen molar-refractivity contribution in [1.82, 2.24) is 13.7 Å². The van der Waals surface area contributed by atoms with Crippen molar-refractivity contribution in [3.8, 4) is 16.9 Å². The molecule has 0 fully saturated rings. The summed E-state index contributed by atoms with van der Waals surface area (Å²) in [7, 11) is 2.99. The number of hydrogen-bond acceptors (Lipinski definition) is 3. The predicted molar refractivity (Wildman–Crippen MR) is 131 cm³/mol. The molecule has 5 aromatic rings. The van der Waals surface area contributed by atoms with Gasteiger partial charge in [0.1, 0.15) is 11.6 Å². The van der Waals surface area contributed by atoms with Gasteiger partial charge in [0.05, 0.1) is 39.7 Å². The Morgan fingerprint density at radius 3 is 2.37 bits per heavy atom. The van der Waals surface area contributed by atoms with E-state index >= 15 is 4.39 Å². The van der Waals surface area contributed by atoms with E-state index in [1.165, 1.54) is 29.8 Å². The van der Waals surface area contributed by atoms with Crippen molar-refractivity contribution >= 4 is 16.6 Å². The Bertz CT molecular complexity index is 1780. The molecular weight excluding hydrogens is 450 g/mol. The molecule has 1 atom stereocenters. The summed E-state index contributed by atoms with van der Waals surface area (Å²) in [6.07, 6.45) is 0. The van der Waals surface area contributed by atoms with Crippen molar-refractivity contribution < 1.29 is 8.78 Å². The molecule has 0 saturated carbocycles. The van der Waals surface area contributed by atoms with E-state index < -0.39 is 28.9 Å². The number of nitrogens with zero attached hydrogens (tertiary/aromatic N) is 3. The number of halogens is 2. The zero-order valence-corrected chi connectivity index (χ0v) is 18.9. The number of para-hydroxylation sites is 2. The third kappa shape index (κ3) is 2.92. The first-order valence-corrected chi connectivity index (χ1v) is 11.1. The molecule has 3 aromatic carbocycles. The first-order chi connectivity index (χ1) is 16.9. The lowest BCUT2D eigenvalue weighted by Gasteiger charge is -2.31. The van der Waals surface area contributed by atoms with Crippen LogP contribution in [0.2, 0.25) is 0 Å². The molecule has 2 aromatic heterocycles. The number of aromatic nitrogens is 3. The number of benzene rings is 3. The molecule has 6 rings (SSSR count). The van der Waals surface area contributed by atoms with Gasteiger partial charge in [0.15, 0.2) is 0 Å². The molecule has 0 spiro atoms. The standard InChI is InChI=1S/C27H20F2N4O2/c1-31-24-21(26(34)32(2)27(31)35)23(17-10-3-4-11-18(17)29)33-20-13-6-5-12-19(20)30-22(25(24)33)15-8-7-9-16(28)14-15/h3-14,22,30H,1-2H3/t22-/m1/s1. The van der Waals surface area contributed by atoms with E-state index in [1.807, 2.05) is 28.8 Å². The molecule has 0 bridgehead atoms. The Labute approximate surface area is 198 Å². The first kappa shape index (κ1) is 21.1. The fourth-order valence-electron chi connectivity index (χ4n) is 5.06. The topological polar surface area (TPSA) is 61.0 Å². The fourth-order valence-corrected chi connectivity index (χ4v) is 5.06. The number of aryl methyl sites for hydroxylation is 1. The minimum absolute atomic E-state index is 0.217. The Morgan fingerprint density at radius 2 is 1.60 bits per heavy atom. The highest BCUT2D eigenvalue weighted by Crippen LogP contribution is 2.45. The molecule has 1 aliphatic rings. The molecule has 1 aliphatic heterocycles. The van der Waals surface area contributed by atoms with E-state index in [-0.39, 0.29) is 10.9 Å². The third-order valence-electron chi connectivity index (χ3n) is 6.64. The van der Waals surface area contributed by atoms with Crippen LogP contribution in [0.15, 0.2) is 82.4 Å². The van der Waals surface area contributed by atoms with Crippen LogP contribution in [0.4, 0.5) is 14.5 Å². The monoisotopic (exact) mass is 470 g/mol. The average molecular weight is 470 g/mol. The molecular formula is C27H20F2N4O2. The number of fused-ring (bicyclic) bond motifs is 5. The Kier molecular flexibility index (Phi) is 4.54. The predicted octanol–water partition coefficient (Wildman–Crippen LogP) is 4.49. The third-order valence-corrected chi connectivity index (χ3v) is 6.64. The lowest BCUT2D eigenvalue weighted by Crippen LogP contribution is -2.37. The van der Waals surface area contributed by atoms with Gasteiger partial charge in [0.2, 0.25) is 0 Å². The lowest BCUT2D eigenvalue weighted by atomic mass is 9.99. The van der Waals surface area contributed by atoms with Gasteiger partial charge in [-0.05, 0) is 42.0 Å². The van der Waals surface area contributed by atoms with Crippen LogP contribution in [0.5, 0.6) is 0 Å². The zero-order valence-electron chi connectivity index (χ0n) is 18.9. The van der Waals surface area contributed by atoms with Crippen LogP contribution in [-0.4, -0.2) is 13.7 Å². The number of anilines is 1. The average Bonchev–Trinajstić information content (AvgIpc) is 3.22. The smallest absolute Gasteiger partial charge is 0.331 e. The van der Waals surface area contributed by atoms with Gasteiger partial charge in [0.25, 0.3) is 5.56 Å². The van der Waals surface area contributed by atoms with Crippen molar-refractivity contribution in [2.24, 2.45) is 14.1 Å². The van der Waals surface area contributed by atoms with Gasteiger partial charge >= 0.3 is 5.69 Å². The number of rotatable bonds is 2. The second kappa shape index (κ2) is 7.53. The SMILES string of the molecule is Cn1c(=O)c2c(-c3ccccc3F)n3c(c2n(C)c1=O)[C@@H](c1cccc(F)c1)Nc1ccccc1-3. The van der Waals surface area contributed by atoms with Gasteiger partial charge in [-0.15, -0.1) is 0 Å². The van der Waals surface area contributed by atoms with E-state index in [0.29, 0.717) is 28.2 Å². The van der Waals surface area contributed by atoms with E-state index in [4.69, 9.17) is 0 Å². The molecule has 1 N–H and O–H groups in total. The maximum absolute atomic E-state index is 15.3. The summed E-state index contributed by atoms with van der Waals surface area (Å²) in [4.78, 5) is 26.6. The highest BCUT2D eigenvalue weighted by atomic mass is 19.1. The summed E-state index contributed by atoms with van der Waals surface area (Å²) in [5, 5.41) is 3.66. The van der Waals surface area contributed by atoms with Crippen LogP contribution in [0, 0.1) is 11.6 Å². The maximum Gasteiger partial charge on any atom is 0.331 e. The van der Waals surface area contributed by atoms with Gasteiger partial charge in [-0.2, -0.15) is 0 Å². The largest absolute Gasteiger partial charge is 0.371 e. The highest BCUT2D eigenvalue weighted by molar-refractivity contribution is 5.99. The molecule has 35 heavy (non-hydrogen) atoms. The van der Waals surface area contributed by atoms with Crippen molar-refractivity contribution in [1.29, 1.82) is 0 Å². The molecule has 0 radical (unpaired) electrons. The van der Waals surface area contributed by atoms with Crippen LogP contribution in [-0.2, 0) is 14.1 Å². The van der Waals surface area contributed by atoms with Crippen molar-refractivity contribution in [3.05, 3.63) is 117 Å². The summed E-state index contributed by atoms with van der Waals surface area (Å²) in [5.74, 6) is -0.909. The van der Waals surface area contributed by atoms with E-state index in [2.05, 4.69) is 5.32 Å². The van der Waals surface area contributed by atoms with Crippen LogP contribution in [0.3, 0.4) is 0 Å². The van der Waals surface area contributed by atoms with Gasteiger partial charge in [-0.1, -0.05) is 36.4 Å². The molecule has 174 valence electrons. The highest BCUT2D eigenvalue weighted by Gasteiger charge is 2.35. The van der Waals surface area contributed by atoms with Crippen molar-refractivity contribution in [2.75, 3.05) is 5.32 Å². The molecule has 0 unspecified atom stereocenters. The van der Waals surface area contributed by atoms with Crippen LogP contribution in [0.1, 0.15) is 17.3 Å². The summed E-state index contributed by atoms with van der Waals surface area (Å²) in [6, 6.07) is 19.2. The fraction of sp³-hybridized carbons (Fsp3) is 0.111. The molecule has 3 heterocycles. The molecule has 0 amide bonds. The molecule has 0 saturated heterocycles. The second-order valence-corrected chi connectivity index (χ2v) is 8.63. The Morgan fingerprint density at radius 1 is 0.857 bits per heavy atom.